The van der Waals surface area contributed by atoms with E-state index in [1.54, 1.807) is 6.08 Å². The van der Waals surface area contributed by atoms with E-state index in [1.807, 2.05) is 31.2 Å². The van der Waals surface area contributed by atoms with E-state index in [9.17, 15) is 14.7 Å². The summed E-state index contributed by atoms with van der Waals surface area (Å²) in [5, 5.41) is 12.4. The molecule has 0 heterocycles. The molecule has 0 aliphatic rings. The lowest BCUT2D eigenvalue weighted by molar-refractivity contribution is -0.111. The van der Waals surface area contributed by atoms with Crippen LogP contribution in [0.4, 0.5) is 5.69 Å². The fraction of sp³-hybridized carbons (Fsp3) is 0.158. The van der Waals surface area contributed by atoms with Crippen LogP contribution in [0.25, 0.3) is 6.08 Å². The predicted molar refractivity (Wildman–Crippen MR) is 94.7 cm³/mol. The summed E-state index contributed by atoms with van der Waals surface area (Å²) < 4.78 is 9.92. The van der Waals surface area contributed by atoms with E-state index in [-0.39, 0.29) is 17.0 Å². The monoisotopic (exact) mass is 341 g/mol. The molecule has 6 nitrogen and oxygen atoms in total. The molecule has 0 radical (unpaired) electrons. The van der Waals surface area contributed by atoms with Crippen molar-refractivity contribution in [3.63, 3.8) is 0 Å². The molecule has 0 atom stereocenters. The lowest BCUT2D eigenvalue weighted by Gasteiger charge is -2.07. The number of anilines is 1. The van der Waals surface area contributed by atoms with Gasteiger partial charge in [-0.15, -0.1) is 0 Å². The Bertz CT molecular complexity index is 781. The summed E-state index contributed by atoms with van der Waals surface area (Å²) in [6, 6.07) is 11.4. The van der Waals surface area contributed by atoms with Crippen LogP contribution in [-0.4, -0.2) is 30.7 Å². The maximum absolute atomic E-state index is 12.0. The van der Waals surface area contributed by atoms with E-state index in [0.717, 1.165) is 11.3 Å². The van der Waals surface area contributed by atoms with Gasteiger partial charge in [0.1, 0.15) is 11.5 Å². The minimum atomic E-state index is -0.566. The first-order valence-electron chi connectivity index (χ1n) is 7.66. The Morgan fingerprint density at radius 3 is 2.48 bits per heavy atom. The number of ether oxygens (including phenoxy) is 2. The number of methoxy groups -OCH3 is 1. The Morgan fingerprint density at radius 2 is 1.88 bits per heavy atom. The number of aromatic hydroxyl groups is 1. The lowest BCUT2D eigenvalue weighted by Crippen LogP contribution is -2.08. The van der Waals surface area contributed by atoms with Gasteiger partial charge in [0.15, 0.2) is 0 Å². The molecular formula is C19H19NO5. The molecule has 0 aromatic heterocycles. The van der Waals surface area contributed by atoms with Crippen LogP contribution in [0.1, 0.15) is 22.8 Å². The van der Waals surface area contributed by atoms with Crippen LogP contribution in [-0.2, 0) is 9.53 Å². The van der Waals surface area contributed by atoms with Crippen molar-refractivity contribution in [1.29, 1.82) is 0 Å². The normalized spacial score (nSPS) is 10.5. The topological polar surface area (TPSA) is 84.9 Å². The van der Waals surface area contributed by atoms with Gasteiger partial charge in [0, 0.05) is 6.08 Å². The van der Waals surface area contributed by atoms with Gasteiger partial charge in [0.2, 0.25) is 5.91 Å². The molecule has 25 heavy (non-hydrogen) atoms. The molecule has 2 aromatic carbocycles. The summed E-state index contributed by atoms with van der Waals surface area (Å²) in [6.07, 6.45) is 2.99. The van der Waals surface area contributed by atoms with Gasteiger partial charge in [0.25, 0.3) is 0 Å². The molecule has 0 bridgehead atoms. The highest BCUT2D eigenvalue weighted by Crippen LogP contribution is 2.24. The van der Waals surface area contributed by atoms with Gasteiger partial charge in [-0.3, -0.25) is 4.79 Å². The van der Waals surface area contributed by atoms with E-state index in [1.165, 1.54) is 31.4 Å². The number of phenols is 1. The second-order valence-corrected chi connectivity index (χ2v) is 5.05. The van der Waals surface area contributed by atoms with E-state index < -0.39 is 11.9 Å². The third kappa shape index (κ3) is 5.10. The third-order valence-electron chi connectivity index (χ3n) is 3.29. The lowest BCUT2D eigenvalue weighted by atomic mass is 10.2. The first-order valence-corrected chi connectivity index (χ1v) is 7.66. The largest absolute Gasteiger partial charge is 0.506 e. The number of hydrogen-bond donors (Lipinski definition) is 2. The maximum Gasteiger partial charge on any atom is 0.337 e. The van der Waals surface area contributed by atoms with Gasteiger partial charge in [-0.2, -0.15) is 0 Å². The molecule has 6 heteroatoms. The second-order valence-electron chi connectivity index (χ2n) is 5.05. The minimum absolute atomic E-state index is 0.197. The Morgan fingerprint density at radius 1 is 1.16 bits per heavy atom. The molecule has 1 amide bonds. The average Bonchev–Trinajstić information content (AvgIpc) is 2.62. The smallest absolute Gasteiger partial charge is 0.337 e. The van der Waals surface area contributed by atoms with Crippen molar-refractivity contribution in [2.45, 2.75) is 6.92 Å². The molecule has 0 spiro atoms. The van der Waals surface area contributed by atoms with Crippen LogP contribution < -0.4 is 10.1 Å². The number of amides is 1. The number of benzene rings is 2. The van der Waals surface area contributed by atoms with Crippen molar-refractivity contribution in [3.8, 4) is 11.5 Å². The number of carbonyl (C=O) groups is 2. The van der Waals surface area contributed by atoms with Crippen molar-refractivity contribution < 1.29 is 24.2 Å². The number of carbonyl (C=O) groups excluding carboxylic acids is 2. The van der Waals surface area contributed by atoms with E-state index in [0.29, 0.717) is 6.61 Å². The van der Waals surface area contributed by atoms with Crippen LogP contribution in [0, 0.1) is 0 Å². The summed E-state index contributed by atoms with van der Waals surface area (Å²) in [4.78, 5) is 23.3. The standard InChI is InChI=1S/C19H19NO5/c1-3-25-15-8-4-13(5-9-15)6-11-18(22)20-16-10-7-14(12-17(16)21)19(23)24-2/h4-12,21H,3H2,1-2H3,(H,20,22)/b11-6+. The molecule has 0 saturated carbocycles. The number of hydrogen-bond acceptors (Lipinski definition) is 5. The Labute approximate surface area is 145 Å². The fourth-order valence-corrected chi connectivity index (χ4v) is 2.07. The van der Waals surface area contributed by atoms with Crippen LogP contribution in [0.5, 0.6) is 11.5 Å². The quantitative estimate of drug-likeness (QED) is 0.479. The predicted octanol–water partition coefficient (Wildman–Crippen LogP) is 3.23. The molecule has 130 valence electrons. The highest BCUT2D eigenvalue weighted by atomic mass is 16.5. The maximum atomic E-state index is 12.0. The molecule has 2 rings (SSSR count). The molecule has 0 saturated heterocycles. The van der Waals surface area contributed by atoms with Crippen molar-refractivity contribution in [3.05, 3.63) is 59.7 Å². The van der Waals surface area contributed by atoms with Crippen LogP contribution in [0.3, 0.4) is 0 Å². The van der Waals surface area contributed by atoms with Crippen LogP contribution in [0.2, 0.25) is 0 Å². The first kappa shape index (κ1) is 18.1. The molecule has 0 aliphatic carbocycles. The summed E-state index contributed by atoms with van der Waals surface area (Å²) in [6.45, 7) is 2.50. The number of phenolic OH excluding ortho intramolecular Hbond substituents is 1. The number of rotatable bonds is 6. The van der Waals surface area contributed by atoms with Crippen molar-refractivity contribution in [2.24, 2.45) is 0 Å². The molecule has 2 aromatic rings. The number of nitrogens with one attached hydrogen (secondary N) is 1. The van der Waals surface area contributed by atoms with Gasteiger partial charge in [0.05, 0.1) is 25.0 Å². The zero-order valence-electron chi connectivity index (χ0n) is 14.0. The summed E-state index contributed by atoms with van der Waals surface area (Å²) >= 11 is 0. The highest BCUT2D eigenvalue weighted by molar-refractivity contribution is 6.03. The molecule has 0 aliphatic heterocycles. The van der Waals surface area contributed by atoms with Gasteiger partial charge in [-0.1, -0.05) is 12.1 Å². The zero-order valence-corrected chi connectivity index (χ0v) is 14.0. The Hall–Kier alpha value is -3.28. The van der Waals surface area contributed by atoms with E-state index >= 15 is 0 Å². The summed E-state index contributed by atoms with van der Waals surface area (Å²) in [5.41, 5.74) is 1.24. The summed E-state index contributed by atoms with van der Waals surface area (Å²) in [7, 11) is 1.25. The van der Waals surface area contributed by atoms with Gasteiger partial charge in [-0.25, -0.2) is 4.79 Å². The molecule has 0 unspecified atom stereocenters. The van der Waals surface area contributed by atoms with Crippen LogP contribution >= 0.6 is 0 Å². The zero-order chi connectivity index (χ0) is 18.2. The third-order valence-corrected chi connectivity index (χ3v) is 3.29. The first-order chi connectivity index (χ1) is 12.0. The number of esters is 1. The second kappa shape index (κ2) is 8.54. The van der Waals surface area contributed by atoms with Gasteiger partial charge < -0.3 is 19.9 Å². The Kier molecular flexibility index (Phi) is 6.17. The molecule has 2 N–H and O–H groups in total. The average molecular weight is 341 g/mol. The minimum Gasteiger partial charge on any atom is -0.506 e. The molecule has 0 fully saturated rings. The Balaban J connectivity index is 2.01. The van der Waals surface area contributed by atoms with Gasteiger partial charge >= 0.3 is 5.97 Å². The van der Waals surface area contributed by atoms with Crippen molar-refractivity contribution >= 4 is 23.6 Å². The van der Waals surface area contributed by atoms with Crippen molar-refractivity contribution in [2.75, 3.05) is 19.0 Å². The summed E-state index contributed by atoms with van der Waals surface area (Å²) in [5.74, 6) is -0.427. The fourth-order valence-electron chi connectivity index (χ4n) is 2.07. The van der Waals surface area contributed by atoms with E-state index in [4.69, 9.17) is 4.74 Å². The van der Waals surface area contributed by atoms with Gasteiger partial charge in [-0.05, 0) is 48.9 Å². The van der Waals surface area contributed by atoms with Crippen molar-refractivity contribution in [1.82, 2.24) is 0 Å². The molecular weight excluding hydrogens is 322 g/mol. The highest BCUT2D eigenvalue weighted by Gasteiger charge is 2.10. The SMILES string of the molecule is CCOc1ccc(/C=C/C(=O)Nc2ccc(C(=O)OC)cc2O)cc1. The van der Waals surface area contributed by atoms with Crippen LogP contribution in [0.15, 0.2) is 48.5 Å². The van der Waals surface area contributed by atoms with E-state index in [2.05, 4.69) is 10.1 Å².